The van der Waals surface area contributed by atoms with E-state index in [1.54, 1.807) is 6.20 Å². The topological polar surface area (TPSA) is 48.1 Å². The van der Waals surface area contributed by atoms with Crippen LogP contribution in [0.1, 0.15) is 55.7 Å². The van der Waals surface area contributed by atoms with Gasteiger partial charge in [-0.3, -0.25) is 4.98 Å². The molecule has 1 atom stereocenters. The molecule has 31 heavy (non-hydrogen) atoms. The summed E-state index contributed by atoms with van der Waals surface area (Å²) >= 11 is 0. The second-order valence-electron chi connectivity index (χ2n) is 8.89. The molecular weight excluding hydrogens is 394 g/mol. The zero-order valence-electron chi connectivity index (χ0n) is 18.4. The van der Waals surface area contributed by atoms with Gasteiger partial charge in [0.05, 0.1) is 6.10 Å². The number of nitrogens with zero attached hydrogens (tertiary/aromatic N) is 1. The second-order valence-corrected chi connectivity index (χ2v) is 8.89. The number of rotatable bonds is 5. The Bertz CT molecular complexity index is 1070. The van der Waals surface area contributed by atoms with E-state index < -0.39 is 17.0 Å². The van der Waals surface area contributed by atoms with Gasteiger partial charge < -0.3 is 10.5 Å². The van der Waals surface area contributed by atoms with Crippen LogP contribution in [0, 0.1) is 25.5 Å². The number of pyridine rings is 1. The molecule has 1 aliphatic rings. The summed E-state index contributed by atoms with van der Waals surface area (Å²) < 4.78 is 34.5. The van der Waals surface area contributed by atoms with Gasteiger partial charge in [-0.15, -0.1) is 0 Å². The highest BCUT2D eigenvalue weighted by Crippen LogP contribution is 2.44. The summed E-state index contributed by atoms with van der Waals surface area (Å²) in [6, 6.07) is 7.79. The minimum Gasteiger partial charge on any atom is -0.490 e. The van der Waals surface area contributed by atoms with Crippen LogP contribution in [0.4, 0.5) is 8.78 Å². The van der Waals surface area contributed by atoms with Gasteiger partial charge >= 0.3 is 0 Å². The number of hydrogen-bond donors (Lipinski definition) is 1. The fourth-order valence-electron chi connectivity index (χ4n) is 5.26. The predicted molar refractivity (Wildman–Crippen MR) is 120 cm³/mol. The van der Waals surface area contributed by atoms with Gasteiger partial charge in [-0.2, -0.15) is 0 Å². The highest BCUT2D eigenvalue weighted by Gasteiger charge is 2.42. The Labute approximate surface area is 182 Å². The lowest BCUT2D eigenvalue weighted by molar-refractivity contribution is 0.102. The van der Waals surface area contributed by atoms with Gasteiger partial charge in [0.2, 0.25) is 0 Å². The van der Waals surface area contributed by atoms with E-state index in [-0.39, 0.29) is 12.1 Å². The molecule has 4 rings (SSSR count). The van der Waals surface area contributed by atoms with Crippen LogP contribution >= 0.6 is 0 Å². The fourth-order valence-corrected chi connectivity index (χ4v) is 5.26. The van der Waals surface area contributed by atoms with Crippen LogP contribution in [0.2, 0.25) is 0 Å². The van der Waals surface area contributed by atoms with Crippen LogP contribution in [-0.2, 0) is 5.41 Å². The molecular formula is C26H30F2N2O. The van der Waals surface area contributed by atoms with Crippen molar-refractivity contribution in [2.75, 3.05) is 0 Å². The molecule has 0 unspecified atom stereocenters. The SMILES string of the molecule is CC[C@H](N)[C@]1(c2cc(F)cc(F)c2)CC[C@H](Oc2c(C)cc3cnccc3c2C)CC1. The smallest absolute Gasteiger partial charge is 0.126 e. The third-order valence-electron chi connectivity index (χ3n) is 7.02. The first-order valence-electron chi connectivity index (χ1n) is 11.1. The van der Waals surface area contributed by atoms with Crippen molar-refractivity contribution in [2.24, 2.45) is 5.73 Å². The number of halogens is 2. The van der Waals surface area contributed by atoms with Crippen LogP contribution in [-0.4, -0.2) is 17.1 Å². The Hall–Kier alpha value is -2.53. The molecule has 1 aromatic heterocycles. The number of ether oxygens (including phenoxy) is 1. The van der Waals surface area contributed by atoms with E-state index in [1.165, 1.54) is 12.1 Å². The Balaban J connectivity index is 1.59. The average molecular weight is 425 g/mol. The molecule has 0 amide bonds. The third kappa shape index (κ3) is 4.03. The lowest BCUT2D eigenvalue weighted by atomic mass is 9.64. The van der Waals surface area contributed by atoms with Crippen molar-refractivity contribution in [2.45, 2.75) is 70.4 Å². The molecule has 0 spiro atoms. The molecule has 164 valence electrons. The number of fused-ring (bicyclic) bond motifs is 1. The van der Waals surface area contributed by atoms with Gasteiger partial charge in [-0.25, -0.2) is 8.78 Å². The van der Waals surface area contributed by atoms with E-state index in [2.05, 4.69) is 24.9 Å². The van der Waals surface area contributed by atoms with Crippen molar-refractivity contribution >= 4 is 10.8 Å². The van der Waals surface area contributed by atoms with Gasteiger partial charge in [0.15, 0.2) is 0 Å². The molecule has 5 heteroatoms. The summed E-state index contributed by atoms with van der Waals surface area (Å²) in [7, 11) is 0. The summed E-state index contributed by atoms with van der Waals surface area (Å²) in [5.74, 6) is -0.173. The Morgan fingerprint density at radius 2 is 1.81 bits per heavy atom. The standard InChI is InChI=1S/C26H30F2N2O/c1-4-24(29)26(19-12-20(27)14-21(28)13-19)8-5-22(6-9-26)31-25-16(2)11-18-15-30-10-7-23(18)17(25)3/h7,10-15,22,24H,4-6,8-9,29H2,1-3H3/t22-,24-,26+/m0/s1. The second kappa shape index (κ2) is 8.54. The fraction of sp³-hybridized carbons (Fsp3) is 0.423. The predicted octanol–water partition coefficient (Wildman–Crippen LogP) is 6.13. The normalized spacial score (nSPS) is 22.5. The number of aromatic nitrogens is 1. The van der Waals surface area contributed by atoms with E-state index in [4.69, 9.17) is 10.5 Å². The molecule has 1 fully saturated rings. The number of nitrogens with two attached hydrogens (primary N) is 1. The van der Waals surface area contributed by atoms with Gasteiger partial charge in [0.25, 0.3) is 0 Å². The maximum Gasteiger partial charge on any atom is 0.126 e. The quantitative estimate of drug-likeness (QED) is 0.536. The molecule has 1 aliphatic carbocycles. The van der Waals surface area contributed by atoms with Gasteiger partial charge in [0, 0.05) is 35.3 Å². The molecule has 3 nitrogen and oxygen atoms in total. The van der Waals surface area contributed by atoms with Crippen molar-refractivity contribution in [3.05, 3.63) is 71.1 Å². The van der Waals surface area contributed by atoms with Gasteiger partial charge in [-0.05, 0) is 92.3 Å². The van der Waals surface area contributed by atoms with Crippen molar-refractivity contribution in [3.63, 3.8) is 0 Å². The average Bonchev–Trinajstić information content (AvgIpc) is 2.76. The molecule has 0 aliphatic heterocycles. The van der Waals surface area contributed by atoms with E-state index in [0.29, 0.717) is 5.56 Å². The van der Waals surface area contributed by atoms with E-state index in [9.17, 15) is 8.78 Å². The van der Waals surface area contributed by atoms with Crippen molar-refractivity contribution in [3.8, 4) is 5.75 Å². The maximum absolute atomic E-state index is 14.0. The van der Waals surface area contributed by atoms with Crippen LogP contribution < -0.4 is 10.5 Å². The van der Waals surface area contributed by atoms with Crippen molar-refractivity contribution < 1.29 is 13.5 Å². The Kier molecular flexibility index (Phi) is 5.98. The van der Waals surface area contributed by atoms with Crippen molar-refractivity contribution in [1.29, 1.82) is 0 Å². The highest BCUT2D eigenvalue weighted by molar-refractivity contribution is 5.87. The maximum atomic E-state index is 14.0. The first-order valence-corrected chi connectivity index (χ1v) is 11.1. The third-order valence-corrected chi connectivity index (χ3v) is 7.02. The zero-order chi connectivity index (χ0) is 22.2. The number of hydrogen-bond acceptors (Lipinski definition) is 3. The summed E-state index contributed by atoms with van der Waals surface area (Å²) in [5, 5.41) is 2.25. The van der Waals surface area contributed by atoms with Crippen LogP contribution in [0.3, 0.4) is 0 Å². The molecule has 0 saturated heterocycles. The molecule has 1 heterocycles. The monoisotopic (exact) mass is 424 g/mol. The summed E-state index contributed by atoms with van der Waals surface area (Å²) in [6.45, 7) is 6.17. The van der Waals surface area contributed by atoms with Crippen molar-refractivity contribution in [1.82, 2.24) is 4.98 Å². The van der Waals surface area contributed by atoms with E-state index >= 15 is 0 Å². The molecule has 2 aromatic carbocycles. The van der Waals surface area contributed by atoms with E-state index in [0.717, 1.165) is 65.8 Å². The molecule has 0 radical (unpaired) electrons. The molecule has 3 aromatic rings. The molecule has 1 saturated carbocycles. The van der Waals surface area contributed by atoms with E-state index in [1.807, 2.05) is 19.2 Å². The Morgan fingerprint density at radius 1 is 1.13 bits per heavy atom. The minimum atomic E-state index is -0.548. The lowest BCUT2D eigenvalue weighted by Gasteiger charge is -2.44. The largest absolute Gasteiger partial charge is 0.490 e. The van der Waals surface area contributed by atoms with Crippen LogP contribution in [0.25, 0.3) is 10.8 Å². The first kappa shape index (κ1) is 21.7. The zero-order valence-corrected chi connectivity index (χ0v) is 18.4. The first-order chi connectivity index (χ1) is 14.8. The van der Waals surface area contributed by atoms with Crippen LogP contribution in [0.5, 0.6) is 5.75 Å². The minimum absolute atomic E-state index is 0.0484. The molecule has 0 bridgehead atoms. The number of benzene rings is 2. The summed E-state index contributed by atoms with van der Waals surface area (Å²) in [6.07, 6.45) is 7.54. The Morgan fingerprint density at radius 3 is 2.45 bits per heavy atom. The van der Waals surface area contributed by atoms with Crippen LogP contribution in [0.15, 0.2) is 42.7 Å². The molecule has 2 N–H and O–H groups in total. The number of aryl methyl sites for hydroxylation is 2. The summed E-state index contributed by atoms with van der Waals surface area (Å²) in [5.41, 5.74) is 8.98. The lowest BCUT2D eigenvalue weighted by Crippen LogP contribution is -2.49. The summed E-state index contributed by atoms with van der Waals surface area (Å²) in [4.78, 5) is 4.22. The highest BCUT2D eigenvalue weighted by atomic mass is 19.1. The van der Waals surface area contributed by atoms with Gasteiger partial charge in [-0.1, -0.05) is 6.92 Å². The van der Waals surface area contributed by atoms with Gasteiger partial charge in [0.1, 0.15) is 17.4 Å².